The highest BCUT2D eigenvalue weighted by molar-refractivity contribution is 5.83. The standard InChI is InChI=1S/C15H22N4O2/c16-11-6-7-13(18-15(11)21-9-10-4-5-10)19-8-2-1-3-12(19)14(17)20/h6-7,10,12H,1-5,8-9,16H2,(H2,17,20). The number of nitrogens with zero attached hydrogens (tertiary/aromatic N) is 2. The Labute approximate surface area is 124 Å². The molecule has 114 valence electrons. The second kappa shape index (κ2) is 5.79. The van der Waals surface area contributed by atoms with Crippen molar-refractivity contribution in [1.29, 1.82) is 0 Å². The van der Waals surface area contributed by atoms with Crippen molar-refractivity contribution in [2.75, 3.05) is 23.8 Å². The third kappa shape index (κ3) is 3.20. The molecule has 0 bridgehead atoms. The van der Waals surface area contributed by atoms with Crippen molar-refractivity contribution in [3.63, 3.8) is 0 Å². The molecule has 1 saturated carbocycles. The largest absolute Gasteiger partial charge is 0.476 e. The summed E-state index contributed by atoms with van der Waals surface area (Å²) < 4.78 is 5.71. The van der Waals surface area contributed by atoms with Crippen LogP contribution in [-0.4, -0.2) is 30.1 Å². The van der Waals surface area contributed by atoms with Crippen LogP contribution in [0.2, 0.25) is 0 Å². The molecule has 1 atom stereocenters. The van der Waals surface area contributed by atoms with Gasteiger partial charge in [0.15, 0.2) is 0 Å². The summed E-state index contributed by atoms with van der Waals surface area (Å²) in [4.78, 5) is 18.1. The van der Waals surface area contributed by atoms with Gasteiger partial charge in [0.1, 0.15) is 11.9 Å². The highest BCUT2D eigenvalue weighted by atomic mass is 16.5. The van der Waals surface area contributed by atoms with Crippen LogP contribution in [0.5, 0.6) is 5.88 Å². The van der Waals surface area contributed by atoms with Crippen LogP contribution in [0.3, 0.4) is 0 Å². The van der Waals surface area contributed by atoms with Crippen LogP contribution >= 0.6 is 0 Å². The summed E-state index contributed by atoms with van der Waals surface area (Å²) in [5.74, 6) is 1.53. The van der Waals surface area contributed by atoms with Crippen LogP contribution in [-0.2, 0) is 4.79 Å². The first-order valence-electron chi connectivity index (χ1n) is 7.60. The second-order valence-corrected chi connectivity index (χ2v) is 5.93. The smallest absolute Gasteiger partial charge is 0.240 e. The lowest BCUT2D eigenvalue weighted by molar-refractivity contribution is -0.119. The number of ether oxygens (including phenoxy) is 1. The Hall–Kier alpha value is -1.98. The molecule has 4 N–H and O–H groups in total. The topological polar surface area (TPSA) is 94.5 Å². The number of nitrogens with two attached hydrogens (primary N) is 2. The van der Waals surface area contributed by atoms with E-state index in [1.165, 1.54) is 12.8 Å². The zero-order valence-corrected chi connectivity index (χ0v) is 12.1. The highest BCUT2D eigenvalue weighted by Crippen LogP contribution is 2.32. The number of primary amides is 1. The van der Waals surface area contributed by atoms with Gasteiger partial charge in [-0.15, -0.1) is 0 Å². The minimum absolute atomic E-state index is 0.286. The highest BCUT2D eigenvalue weighted by Gasteiger charge is 2.28. The molecule has 1 aromatic rings. The summed E-state index contributed by atoms with van der Waals surface area (Å²) in [5, 5.41) is 0. The average molecular weight is 290 g/mol. The lowest BCUT2D eigenvalue weighted by atomic mass is 10.0. The first-order valence-corrected chi connectivity index (χ1v) is 7.60. The number of carbonyl (C=O) groups is 1. The number of carbonyl (C=O) groups excluding carboxylic acids is 1. The van der Waals surface area contributed by atoms with Crippen molar-refractivity contribution in [3.05, 3.63) is 12.1 Å². The van der Waals surface area contributed by atoms with E-state index < -0.39 is 0 Å². The molecule has 0 aromatic carbocycles. The maximum absolute atomic E-state index is 11.6. The van der Waals surface area contributed by atoms with Crippen molar-refractivity contribution in [1.82, 2.24) is 4.98 Å². The van der Waals surface area contributed by atoms with Gasteiger partial charge in [0.2, 0.25) is 11.8 Å². The maximum Gasteiger partial charge on any atom is 0.240 e. The Morgan fingerprint density at radius 2 is 2.14 bits per heavy atom. The minimum Gasteiger partial charge on any atom is -0.476 e. The maximum atomic E-state index is 11.6. The first-order chi connectivity index (χ1) is 10.1. The number of piperidine rings is 1. The van der Waals surface area contributed by atoms with E-state index in [1.54, 1.807) is 6.07 Å². The third-order valence-corrected chi connectivity index (χ3v) is 4.15. The van der Waals surface area contributed by atoms with Crippen LogP contribution in [0.25, 0.3) is 0 Å². The van der Waals surface area contributed by atoms with Crippen LogP contribution in [0.15, 0.2) is 12.1 Å². The van der Waals surface area contributed by atoms with E-state index in [2.05, 4.69) is 4.98 Å². The van der Waals surface area contributed by atoms with E-state index in [0.29, 0.717) is 24.1 Å². The summed E-state index contributed by atoms with van der Waals surface area (Å²) in [6.07, 6.45) is 5.27. The molecule has 0 spiro atoms. The van der Waals surface area contributed by atoms with Gasteiger partial charge in [-0.3, -0.25) is 4.79 Å². The second-order valence-electron chi connectivity index (χ2n) is 5.93. The number of aromatic nitrogens is 1. The zero-order chi connectivity index (χ0) is 14.8. The summed E-state index contributed by atoms with van der Waals surface area (Å²) in [6.45, 7) is 1.45. The fourth-order valence-electron chi connectivity index (χ4n) is 2.70. The van der Waals surface area contributed by atoms with Crippen molar-refractivity contribution in [2.45, 2.75) is 38.1 Å². The van der Waals surface area contributed by atoms with E-state index in [4.69, 9.17) is 16.2 Å². The molecule has 6 nitrogen and oxygen atoms in total. The molecule has 2 fully saturated rings. The average Bonchev–Trinajstić information content (AvgIpc) is 3.30. The number of hydrogen-bond acceptors (Lipinski definition) is 5. The third-order valence-electron chi connectivity index (χ3n) is 4.15. The van der Waals surface area contributed by atoms with Crippen LogP contribution in [0.1, 0.15) is 32.1 Å². The molecule has 1 unspecified atom stereocenters. The van der Waals surface area contributed by atoms with Gasteiger partial charge in [-0.25, -0.2) is 0 Å². The van der Waals surface area contributed by atoms with Gasteiger partial charge >= 0.3 is 0 Å². The molecule has 0 radical (unpaired) electrons. The lowest BCUT2D eigenvalue weighted by Gasteiger charge is -2.34. The molecule has 1 amide bonds. The zero-order valence-electron chi connectivity index (χ0n) is 12.1. The van der Waals surface area contributed by atoms with Crippen LogP contribution < -0.4 is 21.1 Å². The van der Waals surface area contributed by atoms with Crippen LogP contribution in [0.4, 0.5) is 11.5 Å². The molecule has 21 heavy (non-hydrogen) atoms. The monoisotopic (exact) mass is 290 g/mol. The fraction of sp³-hybridized carbons (Fsp3) is 0.600. The van der Waals surface area contributed by atoms with Crippen molar-refractivity contribution in [2.24, 2.45) is 11.7 Å². The molecule has 1 aliphatic carbocycles. The lowest BCUT2D eigenvalue weighted by Crippen LogP contribution is -2.48. The van der Waals surface area contributed by atoms with E-state index in [9.17, 15) is 4.79 Å². The van der Waals surface area contributed by atoms with Crippen molar-refractivity contribution in [3.8, 4) is 5.88 Å². The molecule has 1 aliphatic heterocycles. The number of amides is 1. The number of rotatable bonds is 5. The molecule has 2 heterocycles. The Balaban J connectivity index is 1.79. The molecule has 1 saturated heterocycles. The van der Waals surface area contributed by atoms with Gasteiger partial charge in [0.25, 0.3) is 0 Å². The Morgan fingerprint density at radius 1 is 1.33 bits per heavy atom. The van der Waals surface area contributed by atoms with E-state index in [0.717, 1.165) is 31.6 Å². The SMILES string of the molecule is NC(=O)C1CCCCN1c1ccc(N)c(OCC2CC2)n1. The number of pyridine rings is 1. The number of hydrogen-bond donors (Lipinski definition) is 2. The van der Waals surface area contributed by atoms with E-state index in [1.807, 2.05) is 11.0 Å². The van der Waals surface area contributed by atoms with E-state index in [-0.39, 0.29) is 11.9 Å². The minimum atomic E-state index is -0.297. The molecular weight excluding hydrogens is 268 g/mol. The molecule has 6 heteroatoms. The molecular formula is C15H22N4O2. The predicted molar refractivity (Wildman–Crippen MR) is 81.0 cm³/mol. The Kier molecular flexibility index (Phi) is 3.86. The Morgan fingerprint density at radius 3 is 2.86 bits per heavy atom. The van der Waals surface area contributed by atoms with Gasteiger partial charge in [-0.2, -0.15) is 4.98 Å². The molecule has 3 rings (SSSR count). The normalized spacial score (nSPS) is 22.1. The summed E-state index contributed by atoms with van der Waals surface area (Å²) in [6, 6.07) is 3.34. The number of anilines is 2. The summed E-state index contributed by atoms with van der Waals surface area (Å²) in [5.41, 5.74) is 12.0. The first kappa shape index (κ1) is 14.0. The summed E-state index contributed by atoms with van der Waals surface area (Å²) in [7, 11) is 0. The molecule has 1 aromatic heterocycles. The number of nitrogen functional groups attached to an aromatic ring is 1. The van der Waals surface area contributed by atoms with Crippen LogP contribution in [0, 0.1) is 5.92 Å². The van der Waals surface area contributed by atoms with Crippen molar-refractivity contribution >= 4 is 17.4 Å². The summed E-state index contributed by atoms with van der Waals surface area (Å²) >= 11 is 0. The quantitative estimate of drug-likeness (QED) is 0.852. The molecule has 2 aliphatic rings. The Bertz CT molecular complexity index is 530. The van der Waals surface area contributed by atoms with Gasteiger partial charge in [0.05, 0.1) is 12.3 Å². The van der Waals surface area contributed by atoms with Crippen molar-refractivity contribution < 1.29 is 9.53 Å². The van der Waals surface area contributed by atoms with Gasteiger partial charge in [0, 0.05) is 6.54 Å². The van der Waals surface area contributed by atoms with Gasteiger partial charge < -0.3 is 21.1 Å². The van der Waals surface area contributed by atoms with E-state index >= 15 is 0 Å². The van der Waals surface area contributed by atoms with Gasteiger partial charge in [-0.05, 0) is 50.2 Å². The predicted octanol–water partition coefficient (Wildman–Crippen LogP) is 1.30. The fourth-order valence-corrected chi connectivity index (χ4v) is 2.70. The van der Waals surface area contributed by atoms with Gasteiger partial charge in [-0.1, -0.05) is 0 Å².